The smallest absolute Gasteiger partial charge is 0.191 e. The molecule has 2 aliphatic heterocycles. The minimum Gasteiger partial charge on any atom is -0.379 e. The van der Waals surface area contributed by atoms with Crippen molar-refractivity contribution in [3.8, 4) is 0 Å². The number of nitrogens with one attached hydrogen (secondary N) is 2. The Morgan fingerprint density at radius 2 is 1.76 bits per heavy atom. The van der Waals surface area contributed by atoms with Gasteiger partial charge in [-0.05, 0) is 52.3 Å². The Morgan fingerprint density at radius 1 is 1.07 bits per heavy atom. The molecule has 1 aromatic rings. The minimum absolute atomic E-state index is 0.0277. The molecule has 2 fully saturated rings. The highest BCUT2D eigenvalue weighted by Gasteiger charge is 2.28. The van der Waals surface area contributed by atoms with Crippen molar-refractivity contribution < 1.29 is 4.74 Å². The molecule has 6 heteroatoms. The molecule has 0 amide bonds. The Morgan fingerprint density at radius 3 is 2.41 bits per heavy atom. The fourth-order valence-corrected chi connectivity index (χ4v) is 4.26. The molecule has 2 saturated heterocycles. The summed E-state index contributed by atoms with van der Waals surface area (Å²) in [5.41, 5.74) is 1.41. The van der Waals surface area contributed by atoms with Gasteiger partial charge in [0.25, 0.3) is 0 Å². The number of benzene rings is 1. The summed E-state index contributed by atoms with van der Waals surface area (Å²) in [5.74, 6) is 0.911. The summed E-state index contributed by atoms with van der Waals surface area (Å²) in [6, 6.07) is 11.3. The van der Waals surface area contributed by atoms with Gasteiger partial charge >= 0.3 is 0 Å². The van der Waals surface area contributed by atoms with Gasteiger partial charge in [-0.15, -0.1) is 0 Å². The second-order valence-corrected chi connectivity index (χ2v) is 8.66. The molecule has 0 saturated carbocycles. The van der Waals surface area contributed by atoms with Crippen LogP contribution in [0.5, 0.6) is 0 Å². The molecule has 0 bridgehead atoms. The number of ether oxygens (including phenoxy) is 1. The first-order chi connectivity index (χ1) is 14.1. The van der Waals surface area contributed by atoms with Crippen molar-refractivity contribution in [3.05, 3.63) is 35.9 Å². The van der Waals surface area contributed by atoms with Gasteiger partial charge in [-0.1, -0.05) is 30.3 Å². The van der Waals surface area contributed by atoms with Crippen LogP contribution in [0.15, 0.2) is 35.3 Å². The van der Waals surface area contributed by atoms with Crippen molar-refractivity contribution in [1.82, 2.24) is 20.4 Å². The van der Waals surface area contributed by atoms with E-state index in [1.165, 1.54) is 31.5 Å². The molecule has 1 aromatic carbocycles. The molecule has 0 spiro atoms. The Kier molecular flexibility index (Phi) is 8.33. The number of aliphatic imine (C=N–C) groups is 1. The van der Waals surface area contributed by atoms with E-state index in [1.54, 1.807) is 0 Å². The number of likely N-dealkylation sites (tertiary alicyclic amines) is 1. The lowest BCUT2D eigenvalue weighted by Gasteiger charge is -2.40. The third kappa shape index (κ3) is 6.43. The van der Waals surface area contributed by atoms with Crippen molar-refractivity contribution in [2.45, 2.75) is 45.2 Å². The Hall–Kier alpha value is -1.63. The standard InChI is InChI=1S/C23H39N5O/c1-4-24-22(26-19-23(2,3)28-14-16-29-17-15-28)25-18-21(27-12-8-9-13-27)20-10-6-5-7-11-20/h5-7,10-11,21H,4,8-9,12-19H2,1-3H3,(H2,24,25,26). The van der Waals surface area contributed by atoms with Gasteiger partial charge in [0.05, 0.1) is 25.8 Å². The maximum atomic E-state index is 5.51. The lowest BCUT2D eigenvalue weighted by Crippen LogP contribution is -2.52. The van der Waals surface area contributed by atoms with Crippen LogP contribution in [0.2, 0.25) is 0 Å². The molecule has 6 nitrogen and oxygen atoms in total. The van der Waals surface area contributed by atoms with Gasteiger partial charge in [0.2, 0.25) is 0 Å². The van der Waals surface area contributed by atoms with E-state index in [9.17, 15) is 0 Å². The number of nitrogens with zero attached hydrogens (tertiary/aromatic N) is 3. The maximum absolute atomic E-state index is 5.51. The average molecular weight is 402 g/mol. The lowest BCUT2D eigenvalue weighted by molar-refractivity contribution is -0.00684. The molecule has 0 radical (unpaired) electrons. The van der Waals surface area contributed by atoms with E-state index in [4.69, 9.17) is 9.73 Å². The normalized spacial score (nSPS) is 20.6. The predicted molar refractivity (Wildman–Crippen MR) is 120 cm³/mol. The number of guanidine groups is 1. The van der Waals surface area contributed by atoms with Crippen LogP contribution >= 0.6 is 0 Å². The second kappa shape index (κ2) is 11.0. The first-order valence-corrected chi connectivity index (χ1v) is 11.2. The van der Waals surface area contributed by atoms with Crippen LogP contribution in [-0.4, -0.2) is 80.3 Å². The number of rotatable bonds is 8. The van der Waals surface area contributed by atoms with Crippen LogP contribution in [-0.2, 0) is 4.74 Å². The van der Waals surface area contributed by atoms with E-state index in [1.807, 2.05) is 0 Å². The van der Waals surface area contributed by atoms with Gasteiger partial charge in [-0.3, -0.25) is 14.8 Å². The number of hydrogen-bond acceptors (Lipinski definition) is 4. The molecule has 29 heavy (non-hydrogen) atoms. The van der Waals surface area contributed by atoms with Crippen molar-refractivity contribution in [1.29, 1.82) is 0 Å². The summed E-state index contributed by atoms with van der Waals surface area (Å²) >= 11 is 0. The number of hydrogen-bond donors (Lipinski definition) is 2. The van der Waals surface area contributed by atoms with E-state index < -0.39 is 0 Å². The quantitative estimate of drug-likeness (QED) is 0.518. The third-order valence-electron chi connectivity index (χ3n) is 6.06. The van der Waals surface area contributed by atoms with Crippen LogP contribution in [0.1, 0.15) is 45.2 Å². The minimum atomic E-state index is 0.0277. The molecule has 0 aliphatic carbocycles. The van der Waals surface area contributed by atoms with Crippen molar-refractivity contribution >= 4 is 5.96 Å². The largest absolute Gasteiger partial charge is 0.379 e. The summed E-state index contributed by atoms with van der Waals surface area (Å²) in [4.78, 5) is 10.0. The third-order valence-corrected chi connectivity index (χ3v) is 6.06. The van der Waals surface area contributed by atoms with E-state index >= 15 is 0 Å². The molecule has 2 aliphatic rings. The molecule has 1 unspecified atom stereocenters. The highest BCUT2D eigenvalue weighted by molar-refractivity contribution is 5.79. The Labute approximate surface area is 176 Å². The summed E-state index contributed by atoms with van der Waals surface area (Å²) in [5, 5.41) is 7.06. The molecule has 162 valence electrons. The van der Waals surface area contributed by atoms with Crippen molar-refractivity contribution in [3.63, 3.8) is 0 Å². The van der Waals surface area contributed by atoms with E-state index in [-0.39, 0.29) is 5.54 Å². The van der Waals surface area contributed by atoms with Gasteiger partial charge in [-0.2, -0.15) is 0 Å². The van der Waals surface area contributed by atoms with Gasteiger partial charge < -0.3 is 15.4 Å². The van der Waals surface area contributed by atoms with Crippen LogP contribution in [0.4, 0.5) is 0 Å². The maximum Gasteiger partial charge on any atom is 0.191 e. The first kappa shape index (κ1) is 22.1. The molecular weight excluding hydrogens is 362 g/mol. The Bertz CT molecular complexity index is 621. The first-order valence-electron chi connectivity index (χ1n) is 11.2. The van der Waals surface area contributed by atoms with Crippen molar-refractivity contribution in [2.75, 3.05) is 59.0 Å². The SMILES string of the molecule is CCNC(=NCC(C)(C)N1CCOCC1)NCC(c1ccccc1)N1CCCC1. The molecule has 3 rings (SSSR count). The number of morpholine rings is 1. The fraction of sp³-hybridized carbons (Fsp3) is 0.696. The molecule has 2 heterocycles. The summed E-state index contributed by atoms with van der Waals surface area (Å²) in [7, 11) is 0. The van der Waals surface area contributed by atoms with Crippen LogP contribution < -0.4 is 10.6 Å². The topological polar surface area (TPSA) is 52.1 Å². The lowest BCUT2D eigenvalue weighted by atomic mass is 10.0. The zero-order chi connectivity index (χ0) is 20.5. The molecule has 1 atom stereocenters. The Balaban J connectivity index is 1.64. The second-order valence-electron chi connectivity index (χ2n) is 8.66. The van der Waals surface area contributed by atoms with E-state index in [0.29, 0.717) is 6.04 Å². The average Bonchev–Trinajstić information content (AvgIpc) is 3.28. The van der Waals surface area contributed by atoms with E-state index in [2.05, 4.69) is 71.5 Å². The monoisotopic (exact) mass is 401 g/mol. The van der Waals surface area contributed by atoms with Gasteiger partial charge in [-0.25, -0.2) is 0 Å². The zero-order valence-corrected chi connectivity index (χ0v) is 18.5. The predicted octanol–water partition coefficient (Wildman–Crippen LogP) is 2.49. The van der Waals surface area contributed by atoms with Gasteiger partial charge in [0.15, 0.2) is 5.96 Å². The summed E-state index contributed by atoms with van der Waals surface area (Å²) < 4.78 is 5.51. The summed E-state index contributed by atoms with van der Waals surface area (Å²) in [6.45, 7) is 15.1. The van der Waals surface area contributed by atoms with Gasteiger partial charge in [0, 0.05) is 31.7 Å². The van der Waals surface area contributed by atoms with Crippen molar-refractivity contribution in [2.24, 2.45) is 4.99 Å². The molecular formula is C23H39N5O. The van der Waals surface area contributed by atoms with E-state index in [0.717, 1.165) is 51.9 Å². The van der Waals surface area contributed by atoms with Gasteiger partial charge in [0.1, 0.15) is 0 Å². The van der Waals surface area contributed by atoms with Crippen LogP contribution in [0.25, 0.3) is 0 Å². The van der Waals surface area contributed by atoms with Crippen LogP contribution in [0, 0.1) is 0 Å². The molecule has 0 aromatic heterocycles. The van der Waals surface area contributed by atoms with Crippen LogP contribution in [0.3, 0.4) is 0 Å². The zero-order valence-electron chi connectivity index (χ0n) is 18.5. The highest BCUT2D eigenvalue weighted by Crippen LogP contribution is 2.24. The highest BCUT2D eigenvalue weighted by atomic mass is 16.5. The summed E-state index contributed by atoms with van der Waals surface area (Å²) in [6.07, 6.45) is 2.59. The fourth-order valence-electron chi connectivity index (χ4n) is 4.26. The molecule has 2 N–H and O–H groups in total.